The number of aromatic nitrogens is 1. The first-order valence-electron chi connectivity index (χ1n) is 6.32. The molecule has 110 valence electrons. The van der Waals surface area contributed by atoms with Crippen molar-refractivity contribution in [3.05, 3.63) is 23.3 Å². The van der Waals surface area contributed by atoms with Gasteiger partial charge in [-0.05, 0) is 19.4 Å². The number of nitrogens with zero attached hydrogens (tertiary/aromatic N) is 1. The van der Waals surface area contributed by atoms with E-state index in [2.05, 4.69) is 10.3 Å². The van der Waals surface area contributed by atoms with Gasteiger partial charge in [-0.3, -0.25) is 4.79 Å². The molecule has 20 heavy (non-hydrogen) atoms. The van der Waals surface area contributed by atoms with E-state index in [1.807, 2.05) is 0 Å². The van der Waals surface area contributed by atoms with E-state index in [4.69, 9.17) is 0 Å². The quantitative estimate of drug-likeness (QED) is 0.775. The zero-order valence-corrected chi connectivity index (χ0v) is 10.5. The maximum Gasteiger partial charge on any atom is 0.412 e. The Balaban J connectivity index is 2.00. The van der Waals surface area contributed by atoms with E-state index in [1.165, 1.54) is 0 Å². The Labute approximate surface area is 112 Å². The number of nitrogens with one attached hydrogen (secondary N) is 2. The predicted molar refractivity (Wildman–Crippen MR) is 61.5 cm³/mol. The van der Waals surface area contributed by atoms with E-state index < -0.39 is 23.4 Å². The van der Waals surface area contributed by atoms with Crippen LogP contribution in [-0.2, 0) is 6.54 Å². The summed E-state index contributed by atoms with van der Waals surface area (Å²) in [6, 6.07) is 0. The summed E-state index contributed by atoms with van der Waals surface area (Å²) < 4.78 is 54.0. The Hall–Kier alpha value is -1.57. The van der Waals surface area contributed by atoms with Crippen molar-refractivity contribution in [2.45, 2.75) is 31.1 Å². The molecule has 2 aliphatic rings. The fraction of sp³-hybridized carbons (Fsp3) is 0.583. The molecule has 1 unspecified atom stereocenters. The Kier molecular flexibility index (Phi) is 2.82. The standard InChI is InChI=1S/C12H13F4N3O/c13-8-4-18-9-7(8)5-19(10(9)20)11(12(14,15)16)2-1-3-17-6-11/h4,17-18H,1-3,5-6H2. The highest BCUT2D eigenvalue weighted by molar-refractivity contribution is 5.97. The van der Waals surface area contributed by atoms with Crippen LogP contribution < -0.4 is 5.32 Å². The summed E-state index contributed by atoms with van der Waals surface area (Å²) in [5.41, 5.74) is -2.31. The number of halogens is 4. The molecule has 0 spiro atoms. The van der Waals surface area contributed by atoms with Crippen LogP contribution in [0.5, 0.6) is 0 Å². The molecule has 3 rings (SSSR count). The van der Waals surface area contributed by atoms with Gasteiger partial charge in [-0.15, -0.1) is 0 Å². The summed E-state index contributed by atoms with van der Waals surface area (Å²) >= 11 is 0. The molecule has 1 amide bonds. The molecule has 0 bridgehead atoms. The number of carbonyl (C=O) groups is 1. The molecule has 1 aromatic heterocycles. The zero-order valence-electron chi connectivity index (χ0n) is 10.5. The Morgan fingerprint density at radius 1 is 1.35 bits per heavy atom. The number of carbonyl (C=O) groups excluding carboxylic acids is 1. The first-order chi connectivity index (χ1) is 9.37. The van der Waals surface area contributed by atoms with E-state index >= 15 is 0 Å². The van der Waals surface area contributed by atoms with Crippen LogP contribution in [0.4, 0.5) is 17.6 Å². The van der Waals surface area contributed by atoms with Gasteiger partial charge < -0.3 is 15.2 Å². The summed E-state index contributed by atoms with van der Waals surface area (Å²) in [5, 5.41) is 2.70. The molecule has 0 aromatic carbocycles. The summed E-state index contributed by atoms with van der Waals surface area (Å²) in [4.78, 5) is 15.3. The van der Waals surface area contributed by atoms with Crippen LogP contribution in [0.25, 0.3) is 0 Å². The topological polar surface area (TPSA) is 48.1 Å². The second-order valence-corrected chi connectivity index (χ2v) is 5.19. The molecule has 1 aromatic rings. The van der Waals surface area contributed by atoms with E-state index in [9.17, 15) is 22.4 Å². The number of hydrogen-bond acceptors (Lipinski definition) is 2. The lowest BCUT2D eigenvalue weighted by Gasteiger charge is -2.45. The van der Waals surface area contributed by atoms with Crippen LogP contribution in [0.3, 0.4) is 0 Å². The van der Waals surface area contributed by atoms with Gasteiger partial charge in [0.25, 0.3) is 5.91 Å². The Morgan fingerprint density at radius 3 is 2.65 bits per heavy atom. The molecule has 3 heterocycles. The van der Waals surface area contributed by atoms with Crippen molar-refractivity contribution in [1.29, 1.82) is 0 Å². The predicted octanol–water partition coefficient (Wildman–Crippen LogP) is 1.79. The van der Waals surface area contributed by atoms with Gasteiger partial charge in [0.05, 0.1) is 6.54 Å². The van der Waals surface area contributed by atoms with Gasteiger partial charge in [-0.25, -0.2) is 4.39 Å². The van der Waals surface area contributed by atoms with Crippen molar-refractivity contribution in [3.8, 4) is 0 Å². The molecule has 2 aliphatic heterocycles. The highest BCUT2D eigenvalue weighted by Crippen LogP contribution is 2.44. The van der Waals surface area contributed by atoms with Gasteiger partial charge >= 0.3 is 6.18 Å². The number of aromatic amines is 1. The number of rotatable bonds is 1. The number of fused-ring (bicyclic) bond motifs is 1. The maximum absolute atomic E-state index is 13.5. The smallest absolute Gasteiger partial charge is 0.354 e. The minimum Gasteiger partial charge on any atom is -0.354 e. The lowest BCUT2D eigenvalue weighted by Crippen LogP contribution is -2.66. The number of alkyl halides is 3. The van der Waals surface area contributed by atoms with Gasteiger partial charge in [-0.1, -0.05) is 0 Å². The number of H-pyrrole nitrogens is 1. The van der Waals surface area contributed by atoms with Crippen LogP contribution in [0.1, 0.15) is 28.9 Å². The Bertz CT molecular complexity index is 545. The molecular formula is C12H13F4N3O. The molecule has 1 saturated heterocycles. The average molecular weight is 291 g/mol. The summed E-state index contributed by atoms with van der Waals surface area (Å²) in [5.74, 6) is -1.46. The fourth-order valence-electron chi connectivity index (χ4n) is 3.00. The number of amides is 1. The van der Waals surface area contributed by atoms with Crippen molar-refractivity contribution in [1.82, 2.24) is 15.2 Å². The second kappa shape index (κ2) is 4.21. The Morgan fingerprint density at radius 2 is 2.10 bits per heavy atom. The molecule has 2 N–H and O–H groups in total. The highest BCUT2D eigenvalue weighted by atomic mass is 19.4. The summed E-state index contributed by atoms with van der Waals surface area (Å²) in [7, 11) is 0. The summed E-state index contributed by atoms with van der Waals surface area (Å²) in [6.07, 6.45) is -3.41. The molecule has 0 saturated carbocycles. The minimum absolute atomic E-state index is 0.0178. The first-order valence-corrected chi connectivity index (χ1v) is 6.32. The SMILES string of the molecule is O=C1c2[nH]cc(F)c2CN1C1(C(F)(F)F)CCCNC1. The van der Waals surface area contributed by atoms with Crippen LogP contribution >= 0.6 is 0 Å². The third-order valence-corrected chi connectivity index (χ3v) is 4.11. The number of piperidine rings is 1. The van der Waals surface area contributed by atoms with Crippen LogP contribution in [0.15, 0.2) is 6.20 Å². The van der Waals surface area contributed by atoms with Crippen LogP contribution in [0, 0.1) is 5.82 Å². The van der Waals surface area contributed by atoms with E-state index in [0.717, 1.165) is 11.1 Å². The van der Waals surface area contributed by atoms with Crippen molar-refractivity contribution < 1.29 is 22.4 Å². The molecule has 0 radical (unpaired) electrons. The van der Waals surface area contributed by atoms with E-state index in [0.29, 0.717) is 13.0 Å². The van der Waals surface area contributed by atoms with Gasteiger partial charge in [-0.2, -0.15) is 13.2 Å². The fourth-order valence-corrected chi connectivity index (χ4v) is 3.00. The van der Waals surface area contributed by atoms with E-state index in [-0.39, 0.29) is 30.8 Å². The van der Waals surface area contributed by atoms with Gasteiger partial charge in [0, 0.05) is 18.3 Å². The molecule has 1 fully saturated rings. The van der Waals surface area contributed by atoms with Crippen molar-refractivity contribution in [3.63, 3.8) is 0 Å². The van der Waals surface area contributed by atoms with E-state index in [1.54, 1.807) is 0 Å². The second-order valence-electron chi connectivity index (χ2n) is 5.19. The van der Waals surface area contributed by atoms with Gasteiger partial charge in [0.1, 0.15) is 11.5 Å². The maximum atomic E-state index is 13.5. The van der Waals surface area contributed by atoms with Crippen molar-refractivity contribution >= 4 is 5.91 Å². The minimum atomic E-state index is -4.56. The lowest BCUT2D eigenvalue weighted by molar-refractivity contribution is -0.229. The molecule has 8 heteroatoms. The molecule has 0 aliphatic carbocycles. The number of hydrogen-bond donors (Lipinski definition) is 2. The molecule has 4 nitrogen and oxygen atoms in total. The van der Waals surface area contributed by atoms with Crippen LogP contribution in [-0.4, -0.2) is 40.6 Å². The van der Waals surface area contributed by atoms with Gasteiger partial charge in [0.15, 0.2) is 5.54 Å². The normalized spacial score (nSPS) is 27.0. The molecule has 1 atom stereocenters. The van der Waals surface area contributed by atoms with Gasteiger partial charge in [0.2, 0.25) is 0 Å². The monoisotopic (exact) mass is 291 g/mol. The first kappa shape index (κ1) is 13.4. The third-order valence-electron chi connectivity index (χ3n) is 4.11. The molecular weight excluding hydrogens is 278 g/mol. The summed E-state index contributed by atoms with van der Waals surface area (Å²) in [6.45, 7) is -0.210. The third kappa shape index (κ3) is 1.67. The van der Waals surface area contributed by atoms with Crippen LogP contribution in [0.2, 0.25) is 0 Å². The highest BCUT2D eigenvalue weighted by Gasteiger charge is 2.61. The van der Waals surface area contributed by atoms with Crippen molar-refractivity contribution in [2.75, 3.05) is 13.1 Å². The average Bonchev–Trinajstić information content (AvgIpc) is 2.91. The zero-order chi connectivity index (χ0) is 14.5. The van der Waals surface area contributed by atoms with Crippen molar-refractivity contribution in [2.24, 2.45) is 0 Å². The lowest BCUT2D eigenvalue weighted by atomic mass is 9.87. The largest absolute Gasteiger partial charge is 0.412 e.